The lowest BCUT2D eigenvalue weighted by atomic mass is 10.0. The molecule has 0 radical (unpaired) electrons. The van der Waals surface area contributed by atoms with Gasteiger partial charge < -0.3 is 10.6 Å². The molecule has 4 heteroatoms. The van der Waals surface area contributed by atoms with Gasteiger partial charge in [0.1, 0.15) is 0 Å². The van der Waals surface area contributed by atoms with Gasteiger partial charge >= 0.3 is 0 Å². The third-order valence-corrected chi connectivity index (χ3v) is 3.48. The fourth-order valence-electron chi connectivity index (χ4n) is 2.21. The van der Waals surface area contributed by atoms with Gasteiger partial charge in [0.05, 0.1) is 12.6 Å². The van der Waals surface area contributed by atoms with Crippen LogP contribution in [0, 0.1) is 0 Å². The number of Topliss-reactive ketones (excluding diaryl/α,β-unsaturated/α-hetero) is 1. The molecule has 0 heterocycles. The van der Waals surface area contributed by atoms with Gasteiger partial charge in [-0.3, -0.25) is 9.59 Å². The molecule has 1 unspecified atom stereocenters. The first-order valence-electron chi connectivity index (χ1n) is 7.28. The largest absolute Gasteiger partial charge is 0.345 e. The van der Waals surface area contributed by atoms with Gasteiger partial charge in [0.15, 0.2) is 5.78 Å². The van der Waals surface area contributed by atoms with Crippen LogP contribution in [0.1, 0.15) is 15.9 Å². The van der Waals surface area contributed by atoms with E-state index in [9.17, 15) is 9.59 Å². The third-order valence-electron chi connectivity index (χ3n) is 3.48. The van der Waals surface area contributed by atoms with Crippen molar-refractivity contribution in [2.24, 2.45) is 0 Å². The second-order valence-electron chi connectivity index (χ2n) is 5.05. The Morgan fingerprint density at radius 1 is 0.955 bits per heavy atom. The molecule has 0 fully saturated rings. The maximum atomic E-state index is 12.2. The molecule has 2 rings (SSSR count). The fourth-order valence-corrected chi connectivity index (χ4v) is 2.21. The van der Waals surface area contributed by atoms with Gasteiger partial charge in [0, 0.05) is 5.56 Å². The Balaban J connectivity index is 1.88. The summed E-state index contributed by atoms with van der Waals surface area (Å²) in [5.74, 6) is -0.265. The van der Waals surface area contributed by atoms with E-state index in [1.54, 1.807) is 31.3 Å². The van der Waals surface area contributed by atoms with Gasteiger partial charge in [-0.25, -0.2) is 0 Å². The molecule has 0 saturated heterocycles. The Kier molecular flexibility index (Phi) is 5.86. The predicted molar refractivity (Wildman–Crippen MR) is 86.8 cm³/mol. The van der Waals surface area contributed by atoms with Crippen LogP contribution in [0.4, 0.5) is 0 Å². The quantitative estimate of drug-likeness (QED) is 0.819. The summed E-state index contributed by atoms with van der Waals surface area (Å²) < 4.78 is 0. The summed E-state index contributed by atoms with van der Waals surface area (Å²) >= 11 is 0. The van der Waals surface area contributed by atoms with Crippen molar-refractivity contribution in [3.63, 3.8) is 0 Å². The molecule has 2 aromatic rings. The monoisotopic (exact) mass is 296 g/mol. The summed E-state index contributed by atoms with van der Waals surface area (Å²) in [4.78, 5) is 24.2. The van der Waals surface area contributed by atoms with E-state index in [1.165, 1.54) is 0 Å². The second-order valence-corrected chi connectivity index (χ2v) is 5.05. The number of rotatable bonds is 7. The van der Waals surface area contributed by atoms with E-state index < -0.39 is 0 Å². The summed E-state index contributed by atoms with van der Waals surface area (Å²) in [5, 5.41) is 5.68. The van der Waals surface area contributed by atoms with E-state index in [4.69, 9.17) is 0 Å². The first-order chi connectivity index (χ1) is 10.7. The zero-order valence-electron chi connectivity index (χ0n) is 12.6. The predicted octanol–water partition coefficient (Wildman–Crippen LogP) is 1.82. The van der Waals surface area contributed by atoms with Gasteiger partial charge in [-0.1, -0.05) is 48.5 Å². The van der Waals surface area contributed by atoms with Crippen molar-refractivity contribution < 1.29 is 9.59 Å². The molecule has 22 heavy (non-hydrogen) atoms. The number of carbonyl (C=O) groups excluding carboxylic acids is 2. The molecule has 2 aromatic carbocycles. The Morgan fingerprint density at radius 3 is 2.14 bits per heavy atom. The Hall–Kier alpha value is -2.46. The minimum Gasteiger partial charge on any atom is -0.345 e. The van der Waals surface area contributed by atoms with Crippen molar-refractivity contribution in [2.45, 2.75) is 12.5 Å². The SMILES string of the molecule is CNC(Cc1ccccc1)C(=O)CNC(=O)c1ccccc1. The maximum absolute atomic E-state index is 12.2. The molecule has 0 aliphatic carbocycles. The van der Waals surface area contributed by atoms with Crippen LogP contribution in [0.2, 0.25) is 0 Å². The minimum absolute atomic E-state index is 0.0199. The third kappa shape index (κ3) is 4.53. The number of likely N-dealkylation sites (N-methyl/N-ethyl adjacent to an activating group) is 1. The number of hydrogen-bond acceptors (Lipinski definition) is 3. The van der Waals surface area contributed by atoms with Gasteiger partial charge in [0.2, 0.25) is 0 Å². The molecule has 1 amide bonds. The highest BCUT2D eigenvalue weighted by atomic mass is 16.2. The first kappa shape index (κ1) is 15.9. The molecule has 0 aliphatic heterocycles. The van der Waals surface area contributed by atoms with E-state index in [0.717, 1.165) is 5.56 Å². The van der Waals surface area contributed by atoms with E-state index in [0.29, 0.717) is 12.0 Å². The van der Waals surface area contributed by atoms with Crippen LogP contribution in [0.25, 0.3) is 0 Å². The van der Waals surface area contributed by atoms with Crippen LogP contribution in [0.5, 0.6) is 0 Å². The van der Waals surface area contributed by atoms with Gasteiger partial charge in [-0.2, -0.15) is 0 Å². The van der Waals surface area contributed by atoms with Gasteiger partial charge in [0.25, 0.3) is 5.91 Å². The number of carbonyl (C=O) groups is 2. The first-order valence-corrected chi connectivity index (χ1v) is 7.28. The summed E-state index contributed by atoms with van der Waals surface area (Å²) in [6, 6.07) is 18.4. The summed E-state index contributed by atoms with van der Waals surface area (Å²) in [6.07, 6.45) is 0.609. The molecule has 0 saturated carbocycles. The molecule has 2 N–H and O–H groups in total. The summed E-state index contributed by atoms with van der Waals surface area (Å²) in [6.45, 7) is 0.0199. The standard InChI is InChI=1S/C18H20N2O2/c1-19-16(12-14-8-4-2-5-9-14)17(21)13-20-18(22)15-10-6-3-7-11-15/h2-11,16,19H,12-13H2,1H3,(H,20,22). The molecule has 1 atom stereocenters. The lowest BCUT2D eigenvalue weighted by molar-refractivity contribution is -0.120. The van der Waals surface area contributed by atoms with Crippen LogP contribution in [-0.2, 0) is 11.2 Å². The number of nitrogens with one attached hydrogen (secondary N) is 2. The van der Waals surface area contributed by atoms with Crippen molar-refractivity contribution in [2.75, 3.05) is 13.6 Å². The summed E-state index contributed by atoms with van der Waals surface area (Å²) in [7, 11) is 1.75. The molecule has 0 spiro atoms. The smallest absolute Gasteiger partial charge is 0.251 e. The normalized spacial score (nSPS) is 11.7. The number of amides is 1. The van der Waals surface area contributed by atoms with Crippen molar-refractivity contribution in [3.05, 3.63) is 71.8 Å². The fraction of sp³-hybridized carbons (Fsp3) is 0.222. The second kappa shape index (κ2) is 8.10. The van der Waals surface area contributed by atoms with Crippen LogP contribution >= 0.6 is 0 Å². The van der Waals surface area contributed by atoms with Crippen LogP contribution in [-0.4, -0.2) is 31.3 Å². The van der Waals surface area contributed by atoms with E-state index >= 15 is 0 Å². The molecule has 0 aromatic heterocycles. The average Bonchev–Trinajstić information content (AvgIpc) is 2.59. The van der Waals surface area contributed by atoms with E-state index in [2.05, 4.69) is 10.6 Å². The summed E-state index contributed by atoms with van der Waals surface area (Å²) in [5.41, 5.74) is 1.64. The Morgan fingerprint density at radius 2 is 1.55 bits per heavy atom. The number of benzene rings is 2. The van der Waals surface area contributed by atoms with Crippen molar-refractivity contribution in [1.29, 1.82) is 0 Å². The lowest BCUT2D eigenvalue weighted by Crippen LogP contribution is -2.42. The highest BCUT2D eigenvalue weighted by Gasteiger charge is 2.17. The van der Waals surface area contributed by atoms with Gasteiger partial charge in [-0.05, 0) is 31.2 Å². The highest BCUT2D eigenvalue weighted by Crippen LogP contribution is 2.04. The average molecular weight is 296 g/mol. The molecule has 0 bridgehead atoms. The van der Waals surface area contributed by atoms with E-state index in [-0.39, 0.29) is 24.3 Å². The van der Waals surface area contributed by atoms with Crippen LogP contribution in [0.15, 0.2) is 60.7 Å². The van der Waals surface area contributed by atoms with Crippen molar-refractivity contribution >= 4 is 11.7 Å². The molecular weight excluding hydrogens is 276 g/mol. The highest BCUT2D eigenvalue weighted by molar-refractivity contribution is 5.97. The van der Waals surface area contributed by atoms with Crippen molar-refractivity contribution in [1.82, 2.24) is 10.6 Å². The van der Waals surface area contributed by atoms with Gasteiger partial charge in [-0.15, -0.1) is 0 Å². The maximum Gasteiger partial charge on any atom is 0.251 e. The van der Waals surface area contributed by atoms with Crippen LogP contribution < -0.4 is 10.6 Å². The van der Waals surface area contributed by atoms with Crippen molar-refractivity contribution in [3.8, 4) is 0 Å². The zero-order valence-corrected chi connectivity index (χ0v) is 12.6. The topological polar surface area (TPSA) is 58.2 Å². The molecular formula is C18H20N2O2. The lowest BCUT2D eigenvalue weighted by Gasteiger charge is -2.15. The number of hydrogen-bond donors (Lipinski definition) is 2. The molecule has 114 valence electrons. The zero-order chi connectivity index (χ0) is 15.8. The Bertz CT molecular complexity index is 611. The molecule has 0 aliphatic rings. The Labute approximate surface area is 130 Å². The van der Waals surface area contributed by atoms with E-state index in [1.807, 2.05) is 36.4 Å². The van der Waals surface area contributed by atoms with Crippen LogP contribution in [0.3, 0.4) is 0 Å². The minimum atomic E-state index is -0.307. The number of ketones is 1. The molecule has 4 nitrogen and oxygen atoms in total.